The normalized spacial score (nSPS) is 18.5. The fraction of sp³-hybridized carbons (Fsp3) is 0.545. The van der Waals surface area contributed by atoms with Crippen molar-refractivity contribution in [3.63, 3.8) is 0 Å². The van der Waals surface area contributed by atoms with Crippen molar-refractivity contribution in [2.45, 2.75) is 31.6 Å². The zero-order chi connectivity index (χ0) is 18.8. The molecule has 0 atom stereocenters. The second-order valence-electron chi connectivity index (χ2n) is 8.11. The van der Waals surface area contributed by atoms with Gasteiger partial charge in [0.15, 0.2) is 0 Å². The van der Waals surface area contributed by atoms with Crippen LogP contribution in [0.15, 0.2) is 30.5 Å². The standard InChI is InChI=1S/C22H30N4O/c1-25(2)22-23-14-20(17-6-8-19(27-3)9-7-17)21(24-22)18-10-12-26(13-11-18)15-16-4-5-16/h6-9,14,16,18H,4-5,10-13,15H2,1-3H3. The van der Waals surface area contributed by atoms with E-state index in [1.54, 1.807) is 7.11 Å². The van der Waals surface area contributed by atoms with Crippen molar-refractivity contribution >= 4 is 5.95 Å². The van der Waals surface area contributed by atoms with Crippen LogP contribution in [0, 0.1) is 5.92 Å². The van der Waals surface area contributed by atoms with Crippen LogP contribution in [0.5, 0.6) is 5.75 Å². The van der Waals surface area contributed by atoms with Gasteiger partial charge >= 0.3 is 0 Å². The molecule has 1 aliphatic carbocycles. The van der Waals surface area contributed by atoms with Crippen molar-refractivity contribution in [3.05, 3.63) is 36.2 Å². The maximum Gasteiger partial charge on any atom is 0.225 e. The zero-order valence-corrected chi connectivity index (χ0v) is 16.7. The van der Waals surface area contributed by atoms with Gasteiger partial charge in [0.25, 0.3) is 0 Å². The van der Waals surface area contributed by atoms with E-state index < -0.39 is 0 Å². The number of aromatic nitrogens is 2. The highest BCUT2D eigenvalue weighted by Crippen LogP contribution is 2.37. The highest BCUT2D eigenvalue weighted by Gasteiger charge is 2.29. The smallest absolute Gasteiger partial charge is 0.225 e. The Labute approximate surface area is 162 Å². The Balaban J connectivity index is 1.59. The van der Waals surface area contributed by atoms with Crippen LogP contribution in [-0.4, -0.2) is 55.7 Å². The monoisotopic (exact) mass is 366 g/mol. The van der Waals surface area contributed by atoms with Crippen molar-refractivity contribution in [1.29, 1.82) is 0 Å². The van der Waals surface area contributed by atoms with E-state index in [1.165, 1.54) is 51.0 Å². The number of benzene rings is 1. The third kappa shape index (κ3) is 4.24. The number of likely N-dealkylation sites (tertiary alicyclic amines) is 1. The Morgan fingerprint density at radius 3 is 2.37 bits per heavy atom. The van der Waals surface area contributed by atoms with Gasteiger partial charge in [0.1, 0.15) is 5.75 Å². The van der Waals surface area contributed by atoms with Gasteiger partial charge in [-0.15, -0.1) is 0 Å². The van der Waals surface area contributed by atoms with Crippen LogP contribution in [0.25, 0.3) is 11.1 Å². The lowest BCUT2D eigenvalue weighted by atomic mass is 9.89. The van der Waals surface area contributed by atoms with E-state index in [2.05, 4.69) is 22.0 Å². The first-order valence-corrected chi connectivity index (χ1v) is 10.0. The number of methoxy groups -OCH3 is 1. The molecule has 1 aromatic carbocycles. The fourth-order valence-electron chi connectivity index (χ4n) is 3.96. The lowest BCUT2D eigenvalue weighted by molar-refractivity contribution is 0.203. The molecule has 0 spiro atoms. The molecule has 1 aromatic heterocycles. The molecule has 2 aliphatic rings. The second-order valence-corrected chi connectivity index (χ2v) is 8.11. The molecular weight excluding hydrogens is 336 g/mol. The Morgan fingerprint density at radius 1 is 1.07 bits per heavy atom. The zero-order valence-electron chi connectivity index (χ0n) is 16.7. The summed E-state index contributed by atoms with van der Waals surface area (Å²) in [6, 6.07) is 8.24. The van der Waals surface area contributed by atoms with Crippen LogP contribution < -0.4 is 9.64 Å². The first-order valence-electron chi connectivity index (χ1n) is 10.0. The molecule has 1 saturated carbocycles. The van der Waals surface area contributed by atoms with Crippen LogP contribution >= 0.6 is 0 Å². The van der Waals surface area contributed by atoms with Crippen LogP contribution in [0.4, 0.5) is 5.95 Å². The maximum absolute atomic E-state index is 5.31. The van der Waals surface area contributed by atoms with E-state index in [9.17, 15) is 0 Å². The van der Waals surface area contributed by atoms with Gasteiger partial charge in [-0.25, -0.2) is 9.97 Å². The van der Waals surface area contributed by atoms with Gasteiger partial charge in [-0.1, -0.05) is 12.1 Å². The van der Waals surface area contributed by atoms with Crippen LogP contribution in [0.2, 0.25) is 0 Å². The molecule has 0 N–H and O–H groups in total. The van der Waals surface area contributed by atoms with E-state index in [1.807, 2.05) is 37.3 Å². The van der Waals surface area contributed by atoms with E-state index in [0.717, 1.165) is 28.7 Å². The molecule has 4 rings (SSSR count). The Bertz CT molecular complexity index is 762. The SMILES string of the molecule is COc1ccc(-c2cnc(N(C)C)nc2C2CCN(CC3CC3)CC2)cc1. The fourth-order valence-corrected chi connectivity index (χ4v) is 3.96. The second kappa shape index (κ2) is 7.85. The lowest BCUT2D eigenvalue weighted by Gasteiger charge is -2.32. The summed E-state index contributed by atoms with van der Waals surface area (Å²) in [5.74, 6) is 3.14. The third-order valence-corrected chi connectivity index (χ3v) is 5.79. The summed E-state index contributed by atoms with van der Waals surface area (Å²) in [4.78, 5) is 14.2. The summed E-state index contributed by atoms with van der Waals surface area (Å²) in [7, 11) is 5.71. The highest BCUT2D eigenvalue weighted by atomic mass is 16.5. The molecule has 2 heterocycles. The van der Waals surface area contributed by atoms with Crippen molar-refractivity contribution in [2.24, 2.45) is 5.92 Å². The quantitative estimate of drug-likeness (QED) is 0.778. The number of piperidine rings is 1. The number of ether oxygens (including phenoxy) is 1. The predicted molar refractivity (Wildman–Crippen MR) is 109 cm³/mol. The van der Waals surface area contributed by atoms with Gasteiger partial charge < -0.3 is 14.5 Å². The summed E-state index contributed by atoms with van der Waals surface area (Å²) in [5.41, 5.74) is 3.52. The summed E-state index contributed by atoms with van der Waals surface area (Å²) >= 11 is 0. The van der Waals surface area contributed by atoms with Gasteiger partial charge in [0.05, 0.1) is 12.8 Å². The molecule has 0 unspecified atom stereocenters. The maximum atomic E-state index is 5.31. The largest absolute Gasteiger partial charge is 0.497 e. The molecule has 0 radical (unpaired) electrons. The number of hydrogen-bond donors (Lipinski definition) is 0. The van der Waals surface area contributed by atoms with Crippen LogP contribution in [0.3, 0.4) is 0 Å². The first kappa shape index (κ1) is 18.2. The molecular formula is C22H30N4O. The molecule has 0 amide bonds. The molecule has 5 heteroatoms. The van der Waals surface area contributed by atoms with Crippen molar-refractivity contribution in [1.82, 2.24) is 14.9 Å². The van der Waals surface area contributed by atoms with E-state index in [0.29, 0.717) is 5.92 Å². The molecule has 2 fully saturated rings. The van der Waals surface area contributed by atoms with Crippen LogP contribution in [0.1, 0.15) is 37.3 Å². The molecule has 1 aliphatic heterocycles. The minimum Gasteiger partial charge on any atom is -0.497 e. The molecule has 2 aromatic rings. The Hall–Kier alpha value is -2.14. The summed E-state index contributed by atoms with van der Waals surface area (Å²) in [6.45, 7) is 3.67. The topological polar surface area (TPSA) is 41.5 Å². The van der Waals surface area contributed by atoms with Gasteiger partial charge in [-0.3, -0.25) is 0 Å². The minimum atomic E-state index is 0.499. The van der Waals surface area contributed by atoms with Gasteiger partial charge in [-0.05, 0) is 62.4 Å². The van der Waals surface area contributed by atoms with Crippen LogP contribution in [-0.2, 0) is 0 Å². The van der Waals surface area contributed by atoms with E-state index >= 15 is 0 Å². The lowest BCUT2D eigenvalue weighted by Crippen LogP contribution is -2.34. The molecule has 144 valence electrons. The number of rotatable bonds is 6. The highest BCUT2D eigenvalue weighted by molar-refractivity contribution is 5.67. The molecule has 5 nitrogen and oxygen atoms in total. The molecule has 27 heavy (non-hydrogen) atoms. The average molecular weight is 367 g/mol. The number of anilines is 1. The van der Waals surface area contributed by atoms with E-state index in [4.69, 9.17) is 9.72 Å². The van der Waals surface area contributed by atoms with Crippen molar-refractivity contribution in [2.75, 3.05) is 45.7 Å². The first-order chi connectivity index (χ1) is 13.1. The predicted octanol–water partition coefficient (Wildman–Crippen LogP) is 3.81. The van der Waals surface area contributed by atoms with Crippen molar-refractivity contribution < 1.29 is 4.74 Å². The summed E-state index contributed by atoms with van der Waals surface area (Å²) in [5, 5.41) is 0. The summed E-state index contributed by atoms with van der Waals surface area (Å²) in [6.07, 6.45) is 7.22. The summed E-state index contributed by atoms with van der Waals surface area (Å²) < 4.78 is 5.31. The Morgan fingerprint density at radius 2 is 1.78 bits per heavy atom. The van der Waals surface area contributed by atoms with Gasteiger partial charge in [0.2, 0.25) is 5.95 Å². The minimum absolute atomic E-state index is 0.499. The third-order valence-electron chi connectivity index (χ3n) is 5.79. The average Bonchev–Trinajstić information content (AvgIpc) is 3.52. The molecule has 0 bridgehead atoms. The molecule has 1 saturated heterocycles. The van der Waals surface area contributed by atoms with Crippen molar-refractivity contribution in [3.8, 4) is 16.9 Å². The number of nitrogens with zero attached hydrogens (tertiary/aromatic N) is 4. The van der Waals surface area contributed by atoms with Gasteiger partial charge in [0, 0.05) is 38.3 Å². The van der Waals surface area contributed by atoms with Gasteiger partial charge in [-0.2, -0.15) is 0 Å². The van der Waals surface area contributed by atoms with E-state index in [-0.39, 0.29) is 0 Å². The number of hydrogen-bond acceptors (Lipinski definition) is 5. The Kier molecular flexibility index (Phi) is 5.30.